The number of carbonyl (C=O) groups is 4. The number of aromatic nitrogens is 1. The molecule has 8 rings (SSSR count). The molecule has 56 heavy (non-hydrogen) atoms. The van der Waals surface area contributed by atoms with Gasteiger partial charge in [-0.3, -0.25) is 24.0 Å². The molecule has 302 valence electrons. The molecule has 3 aliphatic heterocycles. The zero-order chi connectivity index (χ0) is 39.8. The van der Waals surface area contributed by atoms with Gasteiger partial charge in [-0.25, -0.2) is 18.2 Å². The maximum atomic E-state index is 15.0. The molecule has 3 N–H and O–H groups in total. The van der Waals surface area contributed by atoms with Crippen LogP contribution in [-0.4, -0.2) is 99.8 Å². The fraction of sp³-hybridized carbons (Fsp3) is 0.634. The molecule has 4 amide bonds. The van der Waals surface area contributed by atoms with Crippen LogP contribution >= 0.6 is 0 Å². The second-order valence-electron chi connectivity index (χ2n) is 17.5. The molecule has 1 spiro atoms. The Labute approximate surface area is 327 Å². The van der Waals surface area contributed by atoms with E-state index in [-0.39, 0.29) is 31.7 Å². The monoisotopic (exact) mass is 791 g/mol. The van der Waals surface area contributed by atoms with Crippen LogP contribution in [0.5, 0.6) is 11.5 Å². The third-order valence-electron chi connectivity index (χ3n) is 13.1. The topological polar surface area (TPSA) is 185 Å². The Bertz CT molecular complexity index is 2110. The first-order valence-corrected chi connectivity index (χ1v) is 21.7. The lowest BCUT2D eigenvalue weighted by Crippen LogP contribution is -2.59. The summed E-state index contributed by atoms with van der Waals surface area (Å²) in [5.41, 5.74) is 0.180. The summed E-state index contributed by atoms with van der Waals surface area (Å²) in [7, 11) is -2.39. The normalized spacial score (nSPS) is 30.5. The van der Waals surface area contributed by atoms with Gasteiger partial charge < -0.3 is 24.8 Å². The molecule has 15 heteroatoms. The Morgan fingerprint density at radius 1 is 1.11 bits per heavy atom. The predicted octanol–water partition coefficient (Wildman–Crippen LogP) is 4.94. The van der Waals surface area contributed by atoms with Gasteiger partial charge in [0.15, 0.2) is 0 Å². The van der Waals surface area contributed by atoms with Gasteiger partial charge in [-0.2, -0.15) is 0 Å². The van der Waals surface area contributed by atoms with Crippen molar-refractivity contribution >= 4 is 44.7 Å². The van der Waals surface area contributed by atoms with Crippen LogP contribution in [0.25, 0.3) is 10.9 Å². The van der Waals surface area contributed by atoms with Crippen LogP contribution < -0.4 is 19.5 Å². The molecule has 3 saturated carbocycles. The number of ether oxygens (including phenoxy) is 2. The number of rotatable bonds is 7. The molecule has 5 atom stereocenters. The Balaban J connectivity index is 1.18. The van der Waals surface area contributed by atoms with Gasteiger partial charge in [0.2, 0.25) is 21.8 Å². The number of hydrogen-bond donors (Lipinski definition) is 3. The van der Waals surface area contributed by atoms with E-state index in [4.69, 9.17) is 14.5 Å². The Morgan fingerprint density at radius 2 is 1.88 bits per heavy atom. The van der Waals surface area contributed by atoms with Gasteiger partial charge >= 0.3 is 6.09 Å². The van der Waals surface area contributed by atoms with Crippen LogP contribution in [0.15, 0.2) is 30.4 Å². The van der Waals surface area contributed by atoms with Crippen molar-refractivity contribution in [3.05, 3.63) is 41.6 Å². The summed E-state index contributed by atoms with van der Waals surface area (Å²) in [6, 6.07) is 3.11. The molecular formula is C41H53N5O9S. The molecular weight excluding hydrogens is 739 g/mol. The van der Waals surface area contributed by atoms with E-state index in [0.717, 1.165) is 47.8 Å². The van der Waals surface area contributed by atoms with Crippen LogP contribution in [0.4, 0.5) is 4.79 Å². The summed E-state index contributed by atoms with van der Waals surface area (Å²) in [6.45, 7) is 5.09. The SMILES string of the molecule is COc1ccc2nc(C3CC3)c3c(c2c1)CC[C@]1(C[C@H]2C(=O)N[C@]4(C(=O)NS(=O)(=O)C5(C)CC5)C[C@H]4/C=C\CCCCC[C@H](N(C(=O)O)C(C)C)C(=O)N2C1)O3. The fourth-order valence-corrected chi connectivity index (χ4v) is 10.4. The van der Waals surface area contributed by atoms with Gasteiger partial charge in [0, 0.05) is 35.2 Å². The summed E-state index contributed by atoms with van der Waals surface area (Å²) in [5, 5.41) is 14.3. The molecule has 3 aliphatic carbocycles. The number of nitrogens with zero attached hydrogens (tertiary/aromatic N) is 3. The summed E-state index contributed by atoms with van der Waals surface area (Å²) in [5.74, 6) is -0.723. The highest BCUT2D eigenvalue weighted by atomic mass is 32.2. The first-order chi connectivity index (χ1) is 26.6. The largest absolute Gasteiger partial charge is 0.497 e. The van der Waals surface area contributed by atoms with E-state index in [1.807, 2.05) is 30.4 Å². The molecule has 1 aromatic heterocycles. The number of carbonyl (C=O) groups excluding carboxylic acids is 3. The number of carboxylic acid groups (broad SMARTS) is 1. The molecule has 4 heterocycles. The second-order valence-corrected chi connectivity index (χ2v) is 19.7. The Morgan fingerprint density at radius 3 is 2.55 bits per heavy atom. The van der Waals surface area contributed by atoms with Crippen LogP contribution in [0.2, 0.25) is 0 Å². The van der Waals surface area contributed by atoms with E-state index in [1.165, 1.54) is 9.80 Å². The van der Waals surface area contributed by atoms with Crippen molar-refractivity contribution in [1.29, 1.82) is 0 Å². The number of benzene rings is 1. The average molecular weight is 792 g/mol. The molecule has 6 aliphatic rings. The fourth-order valence-electron chi connectivity index (χ4n) is 9.11. The third kappa shape index (κ3) is 6.76. The molecule has 0 radical (unpaired) electrons. The van der Waals surface area contributed by atoms with Crippen molar-refractivity contribution < 1.29 is 42.2 Å². The van der Waals surface area contributed by atoms with Gasteiger partial charge in [0.25, 0.3) is 5.91 Å². The zero-order valence-electron chi connectivity index (χ0n) is 32.6. The second kappa shape index (κ2) is 13.9. The minimum absolute atomic E-state index is 0.0287. The van der Waals surface area contributed by atoms with Crippen molar-refractivity contribution in [3.63, 3.8) is 0 Å². The highest BCUT2D eigenvalue weighted by Gasteiger charge is 2.64. The van der Waals surface area contributed by atoms with Crippen LogP contribution in [-0.2, 0) is 30.8 Å². The molecule has 14 nitrogen and oxygen atoms in total. The van der Waals surface area contributed by atoms with Gasteiger partial charge in [-0.05, 0) is 103 Å². The predicted molar refractivity (Wildman–Crippen MR) is 207 cm³/mol. The lowest BCUT2D eigenvalue weighted by atomic mass is 9.86. The lowest BCUT2D eigenvalue weighted by Gasteiger charge is -2.38. The van der Waals surface area contributed by atoms with E-state index in [2.05, 4.69) is 10.0 Å². The van der Waals surface area contributed by atoms with Gasteiger partial charge in [0.1, 0.15) is 34.7 Å². The van der Waals surface area contributed by atoms with Crippen LogP contribution in [0.1, 0.15) is 115 Å². The quantitative estimate of drug-likeness (QED) is 0.325. The number of sulfonamides is 1. The number of pyridine rings is 1. The summed E-state index contributed by atoms with van der Waals surface area (Å²) < 4.78 is 40.4. The minimum Gasteiger partial charge on any atom is -0.497 e. The Hall–Kier alpha value is -4.40. The number of fused-ring (bicyclic) bond motifs is 5. The average Bonchev–Trinajstić information content (AvgIpc) is 4.09. The van der Waals surface area contributed by atoms with E-state index in [0.29, 0.717) is 50.0 Å². The molecule has 1 aromatic carbocycles. The molecule has 1 saturated heterocycles. The van der Waals surface area contributed by atoms with Gasteiger partial charge in [-0.1, -0.05) is 25.0 Å². The molecule has 4 fully saturated rings. The van der Waals surface area contributed by atoms with E-state index < -0.39 is 73.8 Å². The first-order valence-electron chi connectivity index (χ1n) is 20.2. The van der Waals surface area contributed by atoms with E-state index in [9.17, 15) is 32.7 Å². The summed E-state index contributed by atoms with van der Waals surface area (Å²) >= 11 is 0. The smallest absolute Gasteiger partial charge is 0.408 e. The minimum atomic E-state index is -4.00. The molecule has 0 unspecified atom stereocenters. The van der Waals surface area contributed by atoms with Crippen LogP contribution in [0.3, 0.4) is 0 Å². The van der Waals surface area contributed by atoms with Crippen molar-refractivity contribution in [2.24, 2.45) is 5.92 Å². The van der Waals surface area contributed by atoms with Crippen molar-refractivity contribution in [2.75, 3.05) is 13.7 Å². The third-order valence-corrected chi connectivity index (χ3v) is 15.2. The molecule has 2 aromatic rings. The summed E-state index contributed by atoms with van der Waals surface area (Å²) in [4.78, 5) is 64.2. The number of aryl methyl sites for hydroxylation is 1. The van der Waals surface area contributed by atoms with Gasteiger partial charge in [0.05, 0.1) is 29.6 Å². The number of nitrogens with one attached hydrogen (secondary N) is 2. The highest BCUT2D eigenvalue weighted by Crippen LogP contribution is 2.52. The number of methoxy groups -OCH3 is 1. The lowest BCUT2D eigenvalue weighted by molar-refractivity contribution is -0.144. The standard InChI is InChI=1S/C41H53N5O9S/c1-24(2)46(38(50)51)31-11-9-7-5-6-8-10-26-21-41(26,37(49)44-56(52,53)39(3)18-19-39)43-35(47)32-22-40(23-45(32)36(31)48)17-16-28-29-20-27(54-4)14-15-30(29)42-33(25-12-13-25)34(28)55-40/h8,10,14-15,20,24-26,31-32H,5-7,9,11-13,16-19,21-23H2,1-4H3,(H,43,47)(H,44,49)(H,50,51)/b10-8-/t26-,31+,32+,40-,41-/m1/s1. The summed E-state index contributed by atoms with van der Waals surface area (Å²) in [6.07, 6.45) is 9.89. The highest BCUT2D eigenvalue weighted by molar-refractivity contribution is 7.91. The van der Waals surface area contributed by atoms with E-state index >= 15 is 0 Å². The van der Waals surface area contributed by atoms with Gasteiger partial charge in [-0.15, -0.1) is 0 Å². The van der Waals surface area contributed by atoms with Crippen molar-refractivity contribution in [2.45, 2.75) is 144 Å². The Kier molecular flexibility index (Phi) is 9.56. The van der Waals surface area contributed by atoms with Crippen molar-refractivity contribution in [3.8, 4) is 11.5 Å². The number of amides is 4. The maximum absolute atomic E-state index is 15.0. The van der Waals surface area contributed by atoms with E-state index in [1.54, 1.807) is 27.9 Å². The van der Waals surface area contributed by atoms with Crippen LogP contribution in [0, 0.1) is 5.92 Å². The van der Waals surface area contributed by atoms with Crippen molar-refractivity contribution in [1.82, 2.24) is 24.8 Å². The molecule has 0 bridgehead atoms. The number of allylic oxidation sites excluding steroid dienone is 1. The zero-order valence-corrected chi connectivity index (χ0v) is 33.5. The number of hydrogen-bond acceptors (Lipinski definition) is 9. The first kappa shape index (κ1) is 38.5. The maximum Gasteiger partial charge on any atom is 0.408 e.